The Bertz CT molecular complexity index is 941. The average Bonchev–Trinajstić information content (AvgIpc) is 3.39. The fourth-order valence-electron chi connectivity index (χ4n) is 2.56. The van der Waals surface area contributed by atoms with Crippen LogP contribution < -0.4 is 16.2 Å². The van der Waals surface area contributed by atoms with Gasteiger partial charge in [-0.05, 0) is 25.0 Å². The predicted molar refractivity (Wildman–Crippen MR) is 102 cm³/mol. The van der Waals surface area contributed by atoms with Gasteiger partial charge in [0.25, 0.3) is 0 Å². The molecule has 0 amide bonds. The van der Waals surface area contributed by atoms with Crippen LogP contribution in [0.5, 0.6) is 5.75 Å². The van der Waals surface area contributed by atoms with Gasteiger partial charge in [-0.3, -0.25) is 4.57 Å². The first kappa shape index (κ1) is 17.8. The highest BCUT2D eigenvalue weighted by Gasteiger charge is 2.30. The van der Waals surface area contributed by atoms with E-state index in [1.807, 2.05) is 18.2 Å². The Labute approximate surface area is 164 Å². The maximum atomic E-state index is 6.14. The first-order valence-corrected chi connectivity index (χ1v) is 9.66. The van der Waals surface area contributed by atoms with Crippen molar-refractivity contribution in [3.63, 3.8) is 0 Å². The van der Waals surface area contributed by atoms with Crippen molar-refractivity contribution in [1.82, 2.24) is 29.7 Å². The number of thioether (sulfide) groups is 1. The Morgan fingerprint density at radius 2 is 1.85 bits per heavy atom. The van der Waals surface area contributed by atoms with E-state index < -0.39 is 0 Å². The maximum absolute atomic E-state index is 6.14. The van der Waals surface area contributed by atoms with Crippen LogP contribution in [0.25, 0.3) is 0 Å². The number of nitrogens with two attached hydrogens (primary N) is 2. The van der Waals surface area contributed by atoms with Crippen molar-refractivity contribution in [1.29, 1.82) is 0 Å². The highest BCUT2D eigenvalue weighted by molar-refractivity contribution is 7.98. The Hall–Kier alpha value is -2.59. The molecule has 1 saturated carbocycles. The van der Waals surface area contributed by atoms with Crippen molar-refractivity contribution >= 4 is 35.3 Å². The summed E-state index contributed by atoms with van der Waals surface area (Å²) in [6.45, 7) is 0.291. The first-order chi connectivity index (χ1) is 13.1. The van der Waals surface area contributed by atoms with Crippen molar-refractivity contribution in [2.45, 2.75) is 36.4 Å². The minimum Gasteiger partial charge on any atom is -0.484 e. The van der Waals surface area contributed by atoms with E-state index >= 15 is 0 Å². The molecule has 1 aliphatic rings. The lowest BCUT2D eigenvalue weighted by molar-refractivity contribution is 0.288. The summed E-state index contributed by atoms with van der Waals surface area (Å²) in [5.74, 6) is 2.56. The zero-order chi connectivity index (χ0) is 18.8. The summed E-state index contributed by atoms with van der Waals surface area (Å²) in [5, 5.41) is 9.94. The lowest BCUT2D eigenvalue weighted by atomic mass is 10.3. The Kier molecular flexibility index (Phi) is 4.99. The van der Waals surface area contributed by atoms with Gasteiger partial charge >= 0.3 is 0 Å². The number of rotatable bonds is 7. The van der Waals surface area contributed by atoms with Gasteiger partial charge in [-0.15, -0.1) is 10.2 Å². The highest BCUT2D eigenvalue weighted by Crippen LogP contribution is 2.39. The summed E-state index contributed by atoms with van der Waals surface area (Å²) in [6, 6.07) is 7.74. The molecule has 1 aliphatic carbocycles. The number of para-hydroxylation sites is 1. The van der Waals surface area contributed by atoms with Gasteiger partial charge in [0.05, 0.1) is 10.8 Å². The summed E-state index contributed by atoms with van der Waals surface area (Å²) in [7, 11) is 0. The molecule has 0 aliphatic heterocycles. The number of aromatic nitrogens is 6. The number of hydrogen-bond donors (Lipinski definition) is 2. The van der Waals surface area contributed by atoms with E-state index in [4.69, 9.17) is 27.8 Å². The molecule has 0 saturated heterocycles. The van der Waals surface area contributed by atoms with E-state index in [2.05, 4.69) is 29.7 Å². The number of halogens is 1. The molecule has 0 atom stereocenters. The third kappa shape index (κ3) is 4.22. The van der Waals surface area contributed by atoms with E-state index in [9.17, 15) is 0 Å². The Morgan fingerprint density at radius 1 is 1.11 bits per heavy atom. The molecule has 0 spiro atoms. The third-order valence-electron chi connectivity index (χ3n) is 3.89. The quantitative estimate of drug-likeness (QED) is 0.570. The van der Waals surface area contributed by atoms with Crippen LogP contribution in [0, 0.1) is 0 Å². The summed E-state index contributed by atoms with van der Waals surface area (Å²) < 4.78 is 7.93. The molecule has 4 N–H and O–H groups in total. The monoisotopic (exact) mass is 404 g/mol. The van der Waals surface area contributed by atoms with Crippen LogP contribution in [0.3, 0.4) is 0 Å². The molecule has 11 heteroatoms. The molecule has 0 bridgehead atoms. The number of nitrogens with zero attached hydrogens (tertiary/aromatic N) is 6. The maximum Gasteiger partial charge on any atom is 0.225 e. The smallest absolute Gasteiger partial charge is 0.225 e. The number of nitrogen functional groups attached to an aromatic ring is 2. The number of anilines is 2. The molecule has 4 rings (SSSR count). The van der Waals surface area contributed by atoms with Crippen molar-refractivity contribution in [3.05, 3.63) is 40.9 Å². The van der Waals surface area contributed by atoms with Crippen LogP contribution in [0.15, 0.2) is 29.4 Å². The molecule has 1 aromatic carbocycles. The predicted octanol–water partition coefficient (Wildman–Crippen LogP) is 2.49. The molecular weight excluding hydrogens is 388 g/mol. The van der Waals surface area contributed by atoms with E-state index in [-0.39, 0.29) is 11.9 Å². The van der Waals surface area contributed by atoms with Crippen LogP contribution in [-0.4, -0.2) is 29.7 Å². The van der Waals surface area contributed by atoms with E-state index in [0.29, 0.717) is 35.0 Å². The normalized spacial score (nSPS) is 13.7. The second-order valence-electron chi connectivity index (χ2n) is 5.98. The second kappa shape index (κ2) is 7.57. The molecule has 3 aromatic rings. The van der Waals surface area contributed by atoms with Gasteiger partial charge in [-0.25, -0.2) is 0 Å². The topological polar surface area (TPSA) is 131 Å². The minimum atomic E-state index is 0.107. The molecular formula is C16H17ClN8OS. The molecule has 2 heterocycles. The van der Waals surface area contributed by atoms with Crippen LogP contribution in [-0.2, 0) is 12.4 Å². The zero-order valence-electron chi connectivity index (χ0n) is 14.2. The van der Waals surface area contributed by atoms with E-state index in [1.54, 1.807) is 6.07 Å². The van der Waals surface area contributed by atoms with Gasteiger partial charge in [-0.2, -0.15) is 15.0 Å². The third-order valence-corrected chi connectivity index (χ3v) is 5.14. The van der Waals surface area contributed by atoms with Gasteiger partial charge in [0, 0.05) is 6.04 Å². The summed E-state index contributed by atoms with van der Waals surface area (Å²) in [4.78, 5) is 12.0. The van der Waals surface area contributed by atoms with Gasteiger partial charge in [-0.1, -0.05) is 35.5 Å². The average molecular weight is 405 g/mol. The Morgan fingerprint density at radius 3 is 2.56 bits per heavy atom. The fourth-order valence-corrected chi connectivity index (χ4v) is 3.63. The minimum absolute atomic E-state index is 0.107. The van der Waals surface area contributed by atoms with Crippen molar-refractivity contribution in [2.75, 3.05) is 11.5 Å². The molecule has 2 aromatic heterocycles. The van der Waals surface area contributed by atoms with Crippen LogP contribution in [0.4, 0.5) is 11.9 Å². The lowest BCUT2D eigenvalue weighted by Gasteiger charge is -2.10. The van der Waals surface area contributed by atoms with Gasteiger partial charge in [0.2, 0.25) is 11.9 Å². The molecule has 27 heavy (non-hydrogen) atoms. The largest absolute Gasteiger partial charge is 0.484 e. The van der Waals surface area contributed by atoms with Crippen LogP contribution in [0.1, 0.15) is 30.5 Å². The van der Waals surface area contributed by atoms with Crippen molar-refractivity contribution in [3.8, 4) is 5.75 Å². The lowest BCUT2D eigenvalue weighted by Crippen LogP contribution is -2.08. The highest BCUT2D eigenvalue weighted by atomic mass is 35.5. The first-order valence-electron chi connectivity index (χ1n) is 8.30. The van der Waals surface area contributed by atoms with Crippen LogP contribution >= 0.6 is 23.4 Å². The summed E-state index contributed by atoms with van der Waals surface area (Å²) in [5.41, 5.74) is 11.2. The summed E-state index contributed by atoms with van der Waals surface area (Å²) in [6.07, 6.45) is 2.19. The van der Waals surface area contributed by atoms with Crippen molar-refractivity contribution in [2.24, 2.45) is 0 Å². The van der Waals surface area contributed by atoms with Crippen molar-refractivity contribution < 1.29 is 4.74 Å². The number of ether oxygens (including phenoxy) is 1. The molecule has 0 radical (unpaired) electrons. The summed E-state index contributed by atoms with van der Waals surface area (Å²) >= 11 is 7.62. The second-order valence-corrected chi connectivity index (χ2v) is 7.33. The number of benzene rings is 1. The molecule has 0 unspecified atom stereocenters. The van der Waals surface area contributed by atoms with E-state index in [0.717, 1.165) is 23.8 Å². The molecule has 1 fully saturated rings. The number of hydrogen-bond acceptors (Lipinski definition) is 9. The molecule has 140 valence electrons. The SMILES string of the molecule is Nc1nc(N)nc(CSc2nnc(COc3ccccc3Cl)n2C2CC2)n1. The van der Waals surface area contributed by atoms with Gasteiger partial charge in [0.15, 0.2) is 11.0 Å². The standard InChI is InChI=1S/C16H17ClN8OS/c17-10-3-1-2-4-11(10)26-7-13-23-24-16(25(13)9-5-6-9)27-8-12-20-14(18)22-15(19)21-12/h1-4,9H,5-8H2,(H4,18,19,20,21,22). The van der Waals surface area contributed by atoms with Gasteiger partial charge < -0.3 is 16.2 Å². The van der Waals surface area contributed by atoms with E-state index in [1.165, 1.54) is 11.8 Å². The zero-order valence-corrected chi connectivity index (χ0v) is 15.8. The van der Waals surface area contributed by atoms with Crippen LogP contribution in [0.2, 0.25) is 5.02 Å². The molecule has 9 nitrogen and oxygen atoms in total. The fraction of sp³-hybridized carbons (Fsp3) is 0.312. The Balaban J connectivity index is 1.48. The van der Waals surface area contributed by atoms with Gasteiger partial charge in [0.1, 0.15) is 18.2 Å².